The first-order valence-corrected chi connectivity index (χ1v) is 16.4. The smallest absolute Gasteiger partial charge is 0.412 e. The maximum absolute atomic E-state index is 14.8. The van der Waals surface area contributed by atoms with Crippen LogP contribution in [0.2, 0.25) is 0 Å². The van der Waals surface area contributed by atoms with Crippen LogP contribution in [0, 0.1) is 5.82 Å². The minimum atomic E-state index is -1.30. The summed E-state index contributed by atoms with van der Waals surface area (Å²) in [5.74, 6) is -2.98. The van der Waals surface area contributed by atoms with Crippen LogP contribution in [0.1, 0.15) is 137 Å². The van der Waals surface area contributed by atoms with Crippen LogP contribution in [0.4, 0.5) is 15.0 Å². The summed E-state index contributed by atoms with van der Waals surface area (Å²) in [6.45, 7) is 6.30. The summed E-state index contributed by atoms with van der Waals surface area (Å²) in [5.41, 5.74) is -0.975. The molecule has 0 aliphatic carbocycles. The number of rotatable bonds is 21. The van der Waals surface area contributed by atoms with E-state index >= 15 is 0 Å². The predicted octanol–water partition coefficient (Wildman–Crippen LogP) is 6.97. The number of anilines is 1. The second-order valence-corrected chi connectivity index (χ2v) is 11.6. The molecule has 0 saturated carbocycles. The highest BCUT2D eigenvalue weighted by Gasteiger charge is 2.48. The molecule has 1 aliphatic rings. The first-order chi connectivity index (χ1) is 21.1. The van der Waals surface area contributed by atoms with E-state index in [0.717, 1.165) is 37.0 Å². The molecule has 1 saturated heterocycles. The van der Waals surface area contributed by atoms with Crippen molar-refractivity contribution in [1.29, 1.82) is 0 Å². The van der Waals surface area contributed by atoms with Gasteiger partial charge < -0.3 is 18.9 Å². The summed E-state index contributed by atoms with van der Waals surface area (Å²) in [7, 11) is 0. The van der Waals surface area contributed by atoms with E-state index in [-0.39, 0.29) is 6.61 Å². The van der Waals surface area contributed by atoms with Crippen molar-refractivity contribution < 1.29 is 37.7 Å². The Labute approximate surface area is 260 Å². The highest BCUT2D eigenvalue weighted by Crippen LogP contribution is 2.33. The summed E-state index contributed by atoms with van der Waals surface area (Å²) in [6.07, 6.45) is 15.3. The van der Waals surface area contributed by atoms with Crippen LogP contribution >= 0.6 is 0 Å². The molecule has 1 fully saturated rings. The second-order valence-electron chi connectivity index (χ2n) is 11.6. The molecule has 4 atom stereocenters. The molecule has 2 rings (SSSR count). The Kier molecular flexibility index (Phi) is 17.6. The first-order valence-electron chi connectivity index (χ1n) is 16.4. The van der Waals surface area contributed by atoms with Crippen molar-refractivity contribution in [2.75, 3.05) is 11.9 Å². The van der Waals surface area contributed by atoms with E-state index in [1.54, 1.807) is 6.92 Å². The fourth-order valence-electron chi connectivity index (χ4n) is 5.36. The van der Waals surface area contributed by atoms with Gasteiger partial charge in [0.05, 0.1) is 18.9 Å². The van der Waals surface area contributed by atoms with Crippen molar-refractivity contribution in [3.8, 4) is 0 Å². The molecule has 250 valence electrons. The van der Waals surface area contributed by atoms with E-state index in [0.29, 0.717) is 6.42 Å². The highest BCUT2D eigenvalue weighted by atomic mass is 19.1. The summed E-state index contributed by atoms with van der Waals surface area (Å²) >= 11 is 0. The van der Waals surface area contributed by atoms with Crippen molar-refractivity contribution in [2.45, 2.75) is 155 Å². The van der Waals surface area contributed by atoms with Gasteiger partial charge in [-0.25, -0.2) is 14.0 Å². The minimum Gasteiger partial charge on any atom is -0.456 e. The Morgan fingerprint density at radius 2 is 1.32 bits per heavy atom. The van der Waals surface area contributed by atoms with Crippen molar-refractivity contribution >= 4 is 23.8 Å². The van der Waals surface area contributed by atoms with Gasteiger partial charge in [-0.05, 0) is 13.3 Å². The number of hydrogen-bond acceptors (Lipinski definition) is 9. The topological polar surface area (TPSA) is 135 Å². The zero-order valence-corrected chi connectivity index (χ0v) is 26.9. The van der Waals surface area contributed by atoms with Crippen molar-refractivity contribution in [2.24, 2.45) is 0 Å². The summed E-state index contributed by atoms with van der Waals surface area (Å²) in [4.78, 5) is 51.6. The van der Waals surface area contributed by atoms with E-state index in [9.17, 15) is 23.6 Å². The Hall–Kier alpha value is -3.02. The quantitative estimate of drug-likeness (QED) is 0.0872. The van der Waals surface area contributed by atoms with Gasteiger partial charge in [-0.1, -0.05) is 103 Å². The Morgan fingerprint density at radius 1 is 0.841 bits per heavy atom. The predicted molar refractivity (Wildman–Crippen MR) is 164 cm³/mol. The van der Waals surface area contributed by atoms with Gasteiger partial charge in [0.25, 0.3) is 0 Å². The van der Waals surface area contributed by atoms with E-state index in [1.165, 1.54) is 84.0 Å². The molecule has 0 spiro atoms. The van der Waals surface area contributed by atoms with Crippen molar-refractivity contribution in [3.05, 3.63) is 22.5 Å². The number of ether oxygens (including phenoxy) is 4. The average molecular weight is 626 g/mol. The number of hydrogen-bond donors (Lipinski definition) is 1. The zero-order chi connectivity index (χ0) is 32.3. The fourth-order valence-corrected chi connectivity index (χ4v) is 5.36. The van der Waals surface area contributed by atoms with Gasteiger partial charge in [0.15, 0.2) is 30.1 Å². The van der Waals surface area contributed by atoms with Gasteiger partial charge in [-0.3, -0.25) is 19.5 Å². The number of carbonyl (C=O) groups is 3. The molecule has 1 aromatic rings. The summed E-state index contributed by atoms with van der Waals surface area (Å²) < 4.78 is 36.8. The van der Waals surface area contributed by atoms with Gasteiger partial charge >= 0.3 is 23.7 Å². The number of nitrogens with zero attached hydrogens (tertiary/aromatic N) is 2. The number of esters is 2. The van der Waals surface area contributed by atoms with Crippen LogP contribution in [0.5, 0.6) is 0 Å². The molecule has 1 aromatic heterocycles. The largest absolute Gasteiger partial charge is 0.456 e. The third-order valence-electron chi connectivity index (χ3n) is 7.66. The standard InChI is InChI=1S/C32H52FN3O8/c1-5-6-7-8-9-10-11-12-13-14-15-16-17-18-19-20-21-41-32(40)35-29-26(33)22-36(31(39)34-29)30-28(44-25(4)38)27(23(2)42-30)43-24(3)37/h22-23,27-28,30H,5-21H2,1-4H3,(H,34,35,39,40). The van der Waals surface area contributed by atoms with Gasteiger partial charge in [0.1, 0.15) is 0 Å². The molecule has 2 heterocycles. The monoisotopic (exact) mass is 625 g/mol. The van der Waals surface area contributed by atoms with Crippen LogP contribution in [0.3, 0.4) is 0 Å². The molecular weight excluding hydrogens is 573 g/mol. The summed E-state index contributed by atoms with van der Waals surface area (Å²) in [6, 6.07) is 0. The molecule has 12 heteroatoms. The zero-order valence-electron chi connectivity index (χ0n) is 26.9. The fraction of sp³-hybridized carbons (Fsp3) is 0.781. The van der Waals surface area contributed by atoms with Crippen LogP contribution in [-0.2, 0) is 28.5 Å². The first kappa shape index (κ1) is 37.2. The van der Waals surface area contributed by atoms with E-state index < -0.39 is 59.9 Å². The Morgan fingerprint density at radius 3 is 1.82 bits per heavy atom. The normalized spacial score (nSPS) is 19.5. The van der Waals surface area contributed by atoms with Crippen molar-refractivity contribution in [3.63, 3.8) is 0 Å². The average Bonchev–Trinajstić information content (AvgIpc) is 3.25. The number of unbranched alkanes of at least 4 members (excludes halogenated alkanes) is 15. The van der Waals surface area contributed by atoms with Gasteiger partial charge in [0, 0.05) is 13.8 Å². The molecule has 0 radical (unpaired) electrons. The molecule has 0 aromatic carbocycles. The van der Waals surface area contributed by atoms with E-state index in [4.69, 9.17) is 18.9 Å². The van der Waals surface area contributed by atoms with Crippen LogP contribution in [0.15, 0.2) is 11.0 Å². The molecule has 1 amide bonds. The van der Waals surface area contributed by atoms with Crippen LogP contribution in [-0.4, -0.2) is 52.5 Å². The highest BCUT2D eigenvalue weighted by molar-refractivity contribution is 5.83. The molecule has 11 nitrogen and oxygen atoms in total. The Balaban J connectivity index is 1.65. The third-order valence-corrected chi connectivity index (χ3v) is 7.66. The number of carbonyl (C=O) groups excluding carboxylic acids is 3. The van der Waals surface area contributed by atoms with Crippen molar-refractivity contribution in [1.82, 2.24) is 9.55 Å². The lowest BCUT2D eigenvalue weighted by Gasteiger charge is -2.23. The molecule has 1 N–H and O–H groups in total. The molecule has 0 bridgehead atoms. The molecular formula is C32H52FN3O8. The maximum Gasteiger partial charge on any atom is 0.412 e. The lowest BCUT2D eigenvalue weighted by Crippen LogP contribution is -2.40. The lowest BCUT2D eigenvalue weighted by molar-refractivity contribution is -0.165. The minimum absolute atomic E-state index is 0.165. The van der Waals surface area contributed by atoms with E-state index in [1.807, 2.05) is 0 Å². The number of nitrogens with one attached hydrogen (secondary N) is 1. The second kappa shape index (κ2) is 20.8. The van der Waals surface area contributed by atoms with Gasteiger partial charge in [-0.2, -0.15) is 4.98 Å². The number of amides is 1. The third kappa shape index (κ3) is 13.7. The van der Waals surface area contributed by atoms with Crippen LogP contribution < -0.4 is 11.0 Å². The van der Waals surface area contributed by atoms with Crippen LogP contribution in [0.25, 0.3) is 0 Å². The molecule has 44 heavy (non-hydrogen) atoms. The number of aromatic nitrogens is 2. The Bertz CT molecular complexity index is 1080. The summed E-state index contributed by atoms with van der Waals surface area (Å²) in [5, 5.41) is 2.15. The number of halogens is 1. The lowest BCUT2D eigenvalue weighted by atomic mass is 10.0. The maximum atomic E-state index is 14.8. The van der Waals surface area contributed by atoms with Gasteiger partial charge in [-0.15, -0.1) is 0 Å². The van der Waals surface area contributed by atoms with E-state index in [2.05, 4.69) is 17.2 Å². The molecule has 1 aliphatic heterocycles. The molecule has 4 unspecified atom stereocenters. The van der Waals surface area contributed by atoms with Gasteiger partial charge in [0.2, 0.25) is 0 Å². The SMILES string of the molecule is CCCCCCCCCCCCCCCCCCOC(=O)Nc1nc(=O)n(C2OC(C)C(OC(C)=O)C2OC(C)=O)cc1F.